The number of benzene rings is 1. The van der Waals surface area contributed by atoms with E-state index in [0.29, 0.717) is 5.75 Å². The number of thiocyanates is 1. The lowest BCUT2D eigenvalue weighted by atomic mass is 9.95. The highest BCUT2D eigenvalue weighted by Gasteiger charge is 2.25. The average molecular weight is 234 g/mol. The zero-order valence-corrected chi connectivity index (χ0v) is 9.94. The molecular formula is C11H10N2S2. The summed E-state index contributed by atoms with van der Waals surface area (Å²) in [6.45, 7) is 1.95. The predicted molar refractivity (Wildman–Crippen MR) is 66.9 cm³/mol. The van der Waals surface area contributed by atoms with Gasteiger partial charge in [0.05, 0.1) is 5.16 Å². The lowest BCUT2D eigenvalue weighted by Gasteiger charge is -2.22. The van der Waals surface area contributed by atoms with Gasteiger partial charge in [0, 0.05) is 5.75 Å². The van der Waals surface area contributed by atoms with Crippen LogP contribution in [0.2, 0.25) is 0 Å². The topological polar surface area (TPSA) is 36.1 Å². The molecule has 0 amide bonds. The molecule has 76 valence electrons. The van der Waals surface area contributed by atoms with E-state index < -0.39 is 5.54 Å². The largest absolute Gasteiger partial charge is 0.220 e. The van der Waals surface area contributed by atoms with E-state index in [1.165, 1.54) is 11.8 Å². The van der Waals surface area contributed by atoms with E-state index in [2.05, 4.69) is 22.4 Å². The fourth-order valence-electron chi connectivity index (χ4n) is 1.25. The molecule has 0 aliphatic rings. The van der Waals surface area contributed by atoms with Gasteiger partial charge < -0.3 is 0 Å². The zero-order chi connectivity index (χ0) is 11.1. The second kappa shape index (κ2) is 5.67. The van der Waals surface area contributed by atoms with Gasteiger partial charge in [-0.3, -0.25) is 0 Å². The fourth-order valence-corrected chi connectivity index (χ4v) is 2.03. The molecule has 0 saturated carbocycles. The van der Waals surface area contributed by atoms with Gasteiger partial charge in [-0.2, -0.15) is 5.26 Å². The first-order chi connectivity index (χ1) is 7.23. The number of rotatable bonds is 4. The summed E-state index contributed by atoms with van der Waals surface area (Å²) in [5, 5.41) is 13.0. The molecule has 0 heterocycles. The Morgan fingerprint density at radius 3 is 2.67 bits per heavy atom. The lowest BCUT2D eigenvalue weighted by molar-refractivity contribution is 0.575. The summed E-state index contributed by atoms with van der Waals surface area (Å²) >= 11 is 5.82. The maximum Gasteiger partial charge on any atom is 0.133 e. The molecule has 1 rings (SSSR count). The Bertz CT molecular complexity index is 404. The smallest absolute Gasteiger partial charge is 0.133 e. The second-order valence-electron chi connectivity index (χ2n) is 3.22. The van der Waals surface area contributed by atoms with Gasteiger partial charge in [-0.05, 0) is 36.5 Å². The van der Waals surface area contributed by atoms with Gasteiger partial charge in [-0.1, -0.05) is 30.3 Å². The monoisotopic (exact) mass is 234 g/mol. The van der Waals surface area contributed by atoms with E-state index in [1.54, 1.807) is 0 Å². The third-order valence-corrected chi connectivity index (χ3v) is 3.03. The molecule has 1 aromatic carbocycles. The van der Waals surface area contributed by atoms with Crippen LogP contribution in [0.15, 0.2) is 35.3 Å². The molecular weight excluding hydrogens is 224 g/mol. The molecule has 0 aromatic heterocycles. The number of thiocarbonyl (C=S) groups is 1. The minimum absolute atomic E-state index is 0.455. The number of nitriles is 1. The summed E-state index contributed by atoms with van der Waals surface area (Å²) in [5.74, 6) is 0.581. The van der Waals surface area contributed by atoms with Crippen LogP contribution in [0.4, 0.5) is 0 Å². The van der Waals surface area contributed by atoms with Crippen molar-refractivity contribution in [3.05, 3.63) is 35.9 Å². The van der Waals surface area contributed by atoms with E-state index >= 15 is 0 Å². The van der Waals surface area contributed by atoms with Gasteiger partial charge in [0.1, 0.15) is 10.9 Å². The van der Waals surface area contributed by atoms with Crippen molar-refractivity contribution >= 4 is 29.1 Å². The molecule has 4 heteroatoms. The number of isothiocyanates is 1. The molecule has 0 radical (unpaired) electrons. The lowest BCUT2D eigenvalue weighted by Crippen LogP contribution is -2.21. The Kier molecular flexibility index (Phi) is 4.51. The Morgan fingerprint density at radius 1 is 1.47 bits per heavy atom. The van der Waals surface area contributed by atoms with Crippen molar-refractivity contribution < 1.29 is 0 Å². The van der Waals surface area contributed by atoms with Gasteiger partial charge in [0.2, 0.25) is 0 Å². The number of hydrogen-bond donors (Lipinski definition) is 0. The second-order valence-corrected chi connectivity index (χ2v) is 4.17. The molecule has 0 fully saturated rings. The van der Waals surface area contributed by atoms with Crippen LogP contribution >= 0.6 is 24.0 Å². The SMILES string of the molecule is CC(CSC#N)(N=C=S)c1ccccc1. The summed E-state index contributed by atoms with van der Waals surface area (Å²) in [7, 11) is 0. The predicted octanol–water partition coefficient (Wildman–Crippen LogP) is 3.22. The third kappa shape index (κ3) is 3.17. The molecule has 0 bridgehead atoms. The zero-order valence-electron chi connectivity index (χ0n) is 8.30. The Hall–Kier alpha value is -1.14. The molecule has 0 aliphatic carbocycles. The van der Waals surface area contributed by atoms with Crippen LogP contribution in [0.25, 0.3) is 0 Å². The van der Waals surface area contributed by atoms with Crippen molar-refractivity contribution in [2.45, 2.75) is 12.5 Å². The number of hydrogen-bond acceptors (Lipinski definition) is 4. The number of nitrogens with zero attached hydrogens (tertiary/aromatic N) is 2. The van der Waals surface area contributed by atoms with Gasteiger partial charge in [0.15, 0.2) is 0 Å². The first kappa shape index (κ1) is 11.9. The Morgan fingerprint density at radius 2 is 2.13 bits per heavy atom. The fraction of sp³-hybridized carbons (Fsp3) is 0.273. The van der Waals surface area contributed by atoms with Gasteiger partial charge >= 0.3 is 0 Å². The molecule has 0 aliphatic heterocycles. The third-order valence-electron chi connectivity index (χ3n) is 2.11. The van der Waals surface area contributed by atoms with Gasteiger partial charge in [-0.15, -0.1) is 0 Å². The highest BCUT2D eigenvalue weighted by molar-refractivity contribution is 8.03. The summed E-state index contributed by atoms with van der Waals surface area (Å²) in [6, 6.07) is 9.80. The average Bonchev–Trinajstić information content (AvgIpc) is 2.28. The number of thioether (sulfide) groups is 1. The standard InChI is InChI=1S/C11H10N2S2/c1-11(13-9-14,7-15-8-12)10-5-3-2-4-6-10/h2-6H,7H2,1H3. The van der Waals surface area contributed by atoms with Crippen molar-refractivity contribution in [1.29, 1.82) is 5.26 Å². The van der Waals surface area contributed by atoms with Crippen molar-refractivity contribution in [2.75, 3.05) is 5.75 Å². The minimum atomic E-state index is -0.455. The summed E-state index contributed by atoms with van der Waals surface area (Å²) in [4.78, 5) is 4.16. The van der Waals surface area contributed by atoms with Crippen LogP contribution in [0.3, 0.4) is 0 Å². The van der Waals surface area contributed by atoms with Crippen molar-refractivity contribution in [3.63, 3.8) is 0 Å². The van der Waals surface area contributed by atoms with Crippen LogP contribution in [0, 0.1) is 10.7 Å². The molecule has 0 spiro atoms. The maximum absolute atomic E-state index is 8.57. The first-order valence-electron chi connectivity index (χ1n) is 4.38. The van der Waals surface area contributed by atoms with Gasteiger partial charge in [0.25, 0.3) is 0 Å². The van der Waals surface area contributed by atoms with E-state index in [-0.39, 0.29) is 0 Å². The van der Waals surface area contributed by atoms with Crippen LogP contribution in [0.5, 0.6) is 0 Å². The van der Waals surface area contributed by atoms with Crippen molar-refractivity contribution in [1.82, 2.24) is 0 Å². The van der Waals surface area contributed by atoms with Crippen LogP contribution in [-0.2, 0) is 5.54 Å². The van der Waals surface area contributed by atoms with E-state index in [4.69, 9.17) is 5.26 Å². The molecule has 1 aromatic rings. The highest BCUT2D eigenvalue weighted by atomic mass is 32.2. The minimum Gasteiger partial charge on any atom is -0.220 e. The quantitative estimate of drug-likeness (QED) is 0.456. The Balaban J connectivity index is 3.02. The van der Waals surface area contributed by atoms with Crippen molar-refractivity contribution in [3.8, 4) is 5.40 Å². The van der Waals surface area contributed by atoms with Crippen molar-refractivity contribution in [2.24, 2.45) is 4.99 Å². The van der Waals surface area contributed by atoms with E-state index in [0.717, 1.165) is 5.56 Å². The van der Waals surface area contributed by atoms with E-state index in [9.17, 15) is 0 Å². The Labute approximate surface area is 99.0 Å². The molecule has 0 saturated heterocycles. The highest BCUT2D eigenvalue weighted by Crippen LogP contribution is 2.28. The van der Waals surface area contributed by atoms with Crippen LogP contribution < -0.4 is 0 Å². The van der Waals surface area contributed by atoms with Crippen LogP contribution in [0.1, 0.15) is 12.5 Å². The summed E-state index contributed by atoms with van der Waals surface area (Å²) in [6.07, 6.45) is 0. The van der Waals surface area contributed by atoms with Crippen LogP contribution in [-0.4, -0.2) is 10.9 Å². The van der Waals surface area contributed by atoms with E-state index in [1.807, 2.05) is 42.7 Å². The normalized spacial score (nSPS) is 13.3. The molecule has 1 unspecified atom stereocenters. The molecule has 1 atom stereocenters. The number of aliphatic imine (C=N–C) groups is 1. The summed E-state index contributed by atoms with van der Waals surface area (Å²) in [5.41, 5.74) is 0.591. The molecule has 2 nitrogen and oxygen atoms in total. The van der Waals surface area contributed by atoms with Gasteiger partial charge in [-0.25, -0.2) is 4.99 Å². The molecule has 15 heavy (non-hydrogen) atoms. The first-order valence-corrected chi connectivity index (χ1v) is 5.78. The maximum atomic E-state index is 8.57. The molecule has 0 N–H and O–H groups in total. The summed E-state index contributed by atoms with van der Waals surface area (Å²) < 4.78 is 0.